The first kappa shape index (κ1) is 15.7. The molecule has 22 heavy (non-hydrogen) atoms. The zero-order valence-corrected chi connectivity index (χ0v) is 15.0. The Labute approximate surface area is 139 Å². The molecule has 0 saturated heterocycles. The van der Waals surface area contributed by atoms with Gasteiger partial charge < -0.3 is 5.32 Å². The number of aromatic nitrogens is 2. The van der Waals surface area contributed by atoms with E-state index in [1.807, 2.05) is 6.92 Å². The van der Waals surface area contributed by atoms with Crippen LogP contribution in [0.25, 0.3) is 10.2 Å². The minimum atomic E-state index is 0.0958. The van der Waals surface area contributed by atoms with Gasteiger partial charge in [-0.05, 0) is 52.0 Å². The van der Waals surface area contributed by atoms with Crippen LogP contribution < -0.4 is 5.32 Å². The number of fused-ring (bicyclic) bond motifs is 1. The molecular formula is C16H21N3OS2. The van der Waals surface area contributed by atoms with Crippen LogP contribution in [0, 0.1) is 26.7 Å². The number of aryl methyl sites for hydroxylation is 3. The smallest absolute Gasteiger partial charge is 0.230 e. The molecule has 1 atom stereocenters. The lowest BCUT2D eigenvalue weighted by molar-refractivity contribution is -0.119. The van der Waals surface area contributed by atoms with Crippen molar-refractivity contribution in [2.75, 3.05) is 5.75 Å². The normalized spacial score (nSPS) is 16.0. The van der Waals surface area contributed by atoms with Gasteiger partial charge in [0, 0.05) is 16.3 Å². The molecule has 0 bridgehead atoms. The van der Waals surface area contributed by atoms with Gasteiger partial charge in [-0.2, -0.15) is 0 Å². The Morgan fingerprint density at radius 1 is 1.36 bits per heavy atom. The number of nitrogens with one attached hydrogen (secondary N) is 1. The van der Waals surface area contributed by atoms with Crippen LogP contribution in [0.3, 0.4) is 0 Å². The van der Waals surface area contributed by atoms with Crippen molar-refractivity contribution in [1.82, 2.24) is 15.3 Å². The number of carbonyl (C=O) groups excluding carboxylic acids is 1. The lowest BCUT2D eigenvalue weighted by Gasteiger charge is -2.12. The molecule has 1 saturated carbocycles. The molecule has 0 radical (unpaired) electrons. The van der Waals surface area contributed by atoms with Crippen LogP contribution >= 0.6 is 23.1 Å². The number of amides is 1. The maximum absolute atomic E-state index is 12.1. The first-order valence-corrected chi connectivity index (χ1v) is 9.42. The third-order valence-electron chi connectivity index (χ3n) is 4.17. The van der Waals surface area contributed by atoms with E-state index in [9.17, 15) is 4.79 Å². The van der Waals surface area contributed by atoms with Crippen LogP contribution in [-0.4, -0.2) is 27.7 Å². The molecule has 0 spiro atoms. The molecule has 2 aromatic heterocycles. The highest BCUT2D eigenvalue weighted by Gasteiger charge is 2.28. The van der Waals surface area contributed by atoms with Crippen molar-refractivity contribution in [3.8, 4) is 0 Å². The van der Waals surface area contributed by atoms with Gasteiger partial charge in [0.25, 0.3) is 0 Å². The predicted molar refractivity (Wildman–Crippen MR) is 92.7 cm³/mol. The molecule has 2 heterocycles. The fourth-order valence-electron chi connectivity index (χ4n) is 2.56. The molecule has 1 amide bonds. The number of thioether (sulfide) groups is 1. The summed E-state index contributed by atoms with van der Waals surface area (Å²) in [7, 11) is 0. The Hall–Kier alpha value is -1.14. The zero-order valence-electron chi connectivity index (χ0n) is 13.4. The second-order valence-electron chi connectivity index (χ2n) is 6.02. The van der Waals surface area contributed by atoms with E-state index in [4.69, 9.17) is 0 Å². The average molecular weight is 335 g/mol. The molecule has 0 unspecified atom stereocenters. The van der Waals surface area contributed by atoms with E-state index in [-0.39, 0.29) is 5.91 Å². The van der Waals surface area contributed by atoms with Crippen molar-refractivity contribution in [2.24, 2.45) is 5.92 Å². The fourth-order valence-corrected chi connectivity index (χ4v) is 4.64. The van der Waals surface area contributed by atoms with E-state index in [0.29, 0.717) is 17.7 Å². The van der Waals surface area contributed by atoms with Crippen LogP contribution in [0.5, 0.6) is 0 Å². The van der Waals surface area contributed by atoms with Crippen LogP contribution in [-0.2, 0) is 4.79 Å². The highest BCUT2D eigenvalue weighted by atomic mass is 32.2. The lowest BCUT2D eigenvalue weighted by Crippen LogP contribution is -2.35. The van der Waals surface area contributed by atoms with Gasteiger partial charge >= 0.3 is 0 Å². The number of hydrogen-bond donors (Lipinski definition) is 1. The van der Waals surface area contributed by atoms with E-state index < -0.39 is 0 Å². The van der Waals surface area contributed by atoms with Gasteiger partial charge in [0.15, 0.2) is 0 Å². The molecular weight excluding hydrogens is 314 g/mol. The maximum atomic E-state index is 12.1. The molecule has 1 fully saturated rings. The molecule has 1 aliphatic rings. The van der Waals surface area contributed by atoms with Crippen molar-refractivity contribution < 1.29 is 4.79 Å². The molecule has 0 aromatic carbocycles. The second-order valence-corrected chi connectivity index (χ2v) is 8.19. The summed E-state index contributed by atoms with van der Waals surface area (Å²) in [4.78, 5) is 23.5. The summed E-state index contributed by atoms with van der Waals surface area (Å²) in [5.74, 6) is 1.96. The highest BCUT2D eigenvalue weighted by Crippen LogP contribution is 2.35. The largest absolute Gasteiger partial charge is 0.353 e. The van der Waals surface area contributed by atoms with E-state index in [1.54, 1.807) is 11.3 Å². The maximum Gasteiger partial charge on any atom is 0.230 e. The number of rotatable bonds is 5. The average Bonchev–Trinajstić information content (AvgIpc) is 3.24. The minimum absolute atomic E-state index is 0.0958. The van der Waals surface area contributed by atoms with E-state index in [2.05, 4.69) is 36.1 Å². The molecule has 3 rings (SSSR count). The summed E-state index contributed by atoms with van der Waals surface area (Å²) in [6, 6.07) is 0.297. The van der Waals surface area contributed by atoms with Gasteiger partial charge in [-0.15, -0.1) is 11.3 Å². The monoisotopic (exact) mass is 335 g/mol. The number of nitrogens with zero attached hydrogens (tertiary/aromatic N) is 2. The van der Waals surface area contributed by atoms with Crippen molar-refractivity contribution in [1.29, 1.82) is 0 Å². The highest BCUT2D eigenvalue weighted by molar-refractivity contribution is 8.00. The van der Waals surface area contributed by atoms with Gasteiger partial charge in [0.1, 0.15) is 15.7 Å². The SMILES string of the molecule is Cc1nc(SCC(=O)N[C@@H](C)C2CC2)c2c(C)c(C)sc2n1. The first-order chi connectivity index (χ1) is 10.5. The van der Waals surface area contributed by atoms with Gasteiger partial charge in [0.05, 0.1) is 5.75 Å². The molecule has 4 nitrogen and oxygen atoms in total. The van der Waals surface area contributed by atoms with Gasteiger partial charge in [-0.25, -0.2) is 9.97 Å². The fraction of sp³-hybridized carbons (Fsp3) is 0.562. The summed E-state index contributed by atoms with van der Waals surface area (Å²) >= 11 is 3.22. The summed E-state index contributed by atoms with van der Waals surface area (Å²) in [5.41, 5.74) is 1.23. The number of carbonyl (C=O) groups is 1. The number of thiophene rings is 1. The van der Waals surface area contributed by atoms with Gasteiger partial charge in [0.2, 0.25) is 5.91 Å². The lowest BCUT2D eigenvalue weighted by atomic mass is 10.2. The zero-order chi connectivity index (χ0) is 15.9. The Bertz CT molecular complexity index is 722. The van der Waals surface area contributed by atoms with Gasteiger partial charge in [-0.1, -0.05) is 11.8 Å². The Balaban J connectivity index is 1.74. The van der Waals surface area contributed by atoms with Crippen molar-refractivity contribution >= 4 is 39.2 Å². The summed E-state index contributed by atoms with van der Waals surface area (Å²) in [6.45, 7) is 8.21. The van der Waals surface area contributed by atoms with Crippen molar-refractivity contribution in [3.63, 3.8) is 0 Å². The second kappa shape index (κ2) is 6.16. The van der Waals surface area contributed by atoms with Crippen LogP contribution in [0.4, 0.5) is 0 Å². The van der Waals surface area contributed by atoms with Gasteiger partial charge in [-0.3, -0.25) is 4.79 Å². The molecule has 1 N–H and O–H groups in total. The summed E-state index contributed by atoms with van der Waals surface area (Å²) in [6.07, 6.45) is 2.49. The van der Waals surface area contributed by atoms with E-state index >= 15 is 0 Å². The van der Waals surface area contributed by atoms with Crippen LogP contribution in [0.1, 0.15) is 36.0 Å². The Kier molecular flexibility index (Phi) is 4.41. The molecule has 1 aliphatic carbocycles. The molecule has 2 aromatic rings. The quantitative estimate of drug-likeness (QED) is 0.670. The molecule has 0 aliphatic heterocycles. The summed E-state index contributed by atoms with van der Waals surface area (Å²) < 4.78 is 0. The predicted octanol–water partition coefficient (Wildman–Crippen LogP) is 3.62. The van der Waals surface area contributed by atoms with Crippen molar-refractivity contribution in [3.05, 3.63) is 16.3 Å². The van der Waals surface area contributed by atoms with Crippen molar-refractivity contribution in [2.45, 2.75) is 51.6 Å². The summed E-state index contributed by atoms with van der Waals surface area (Å²) in [5, 5.41) is 5.14. The van der Waals surface area contributed by atoms with Crippen LogP contribution in [0.2, 0.25) is 0 Å². The standard InChI is InChI=1S/C16H21N3OS2/c1-8-10(3)22-16-14(8)15(18-11(4)19-16)21-7-13(20)17-9(2)12-5-6-12/h9,12H,5-7H2,1-4H3,(H,17,20)/t9-/m0/s1. The van der Waals surface area contributed by atoms with E-state index in [1.165, 1.54) is 35.0 Å². The Morgan fingerprint density at radius 3 is 2.77 bits per heavy atom. The molecule has 6 heteroatoms. The number of hydrogen-bond acceptors (Lipinski definition) is 5. The minimum Gasteiger partial charge on any atom is -0.353 e. The van der Waals surface area contributed by atoms with E-state index in [0.717, 1.165) is 21.1 Å². The first-order valence-electron chi connectivity index (χ1n) is 7.62. The Morgan fingerprint density at radius 2 is 2.09 bits per heavy atom. The topological polar surface area (TPSA) is 54.9 Å². The third-order valence-corrected chi connectivity index (χ3v) is 6.24. The third kappa shape index (κ3) is 3.27. The molecule has 118 valence electrons. The van der Waals surface area contributed by atoms with Crippen LogP contribution in [0.15, 0.2) is 5.03 Å².